The number of amides is 1. The largest absolute Gasteiger partial charge is 0.449 e. The summed E-state index contributed by atoms with van der Waals surface area (Å²) >= 11 is 0. The van der Waals surface area contributed by atoms with Crippen molar-refractivity contribution in [1.82, 2.24) is 9.44 Å². The Hall–Kier alpha value is -0.860. The maximum absolute atomic E-state index is 11.3. The van der Waals surface area contributed by atoms with Gasteiger partial charge in [-0.2, -0.15) is 13.1 Å². The van der Waals surface area contributed by atoms with E-state index in [-0.39, 0.29) is 13.2 Å². The first-order valence-corrected chi connectivity index (χ1v) is 6.10. The minimum atomic E-state index is -3.88. The monoisotopic (exact) mass is 239 g/mol. The second-order valence-electron chi connectivity index (χ2n) is 2.78. The van der Waals surface area contributed by atoms with Gasteiger partial charge in [-0.3, -0.25) is 0 Å². The van der Waals surface area contributed by atoms with Crippen LogP contribution in [-0.2, 0) is 14.9 Å². The average molecular weight is 239 g/mol. The van der Waals surface area contributed by atoms with Crippen molar-refractivity contribution in [2.75, 3.05) is 13.2 Å². The Balaban J connectivity index is 4.24. The Kier molecular flexibility index (Phi) is 6.21. The van der Waals surface area contributed by atoms with Crippen LogP contribution in [0.2, 0.25) is 0 Å². The smallest absolute Gasteiger partial charge is 0.421 e. The summed E-state index contributed by atoms with van der Waals surface area (Å²) in [5, 5.41) is 0. The Morgan fingerprint density at radius 3 is 2.47 bits per heavy atom. The molecular weight excluding hydrogens is 222 g/mol. The molecule has 0 aliphatic rings. The Labute approximate surface area is 89.5 Å². The van der Waals surface area contributed by atoms with Gasteiger partial charge in [0.1, 0.15) is 0 Å². The summed E-state index contributed by atoms with van der Waals surface area (Å²) in [5.41, 5.74) is 5.31. The number of carbonyl (C=O) groups excluding carboxylic acids is 1. The molecule has 0 spiro atoms. The highest BCUT2D eigenvalue weighted by molar-refractivity contribution is 7.88. The van der Waals surface area contributed by atoms with Gasteiger partial charge in [0.05, 0.1) is 6.61 Å². The van der Waals surface area contributed by atoms with Crippen molar-refractivity contribution < 1.29 is 17.9 Å². The van der Waals surface area contributed by atoms with Crippen molar-refractivity contribution in [3.8, 4) is 0 Å². The molecule has 1 amide bonds. The number of nitrogens with two attached hydrogens (primary N) is 1. The van der Waals surface area contributed by atoms with E-state index >= 15 is 0 Å². The number of hydrogen-bond acceptors (Lipinski definition) is 5. The number of rotatable bonds is 6. The molecule has 0 radical (unpaired) electrons. The third-order valence-electron chi connectivity index (χ3n) is 1.59. The first-order chi connectivity index (χ1) is 6.95. The van der Waals surface area contributed by atoms with Crippen molar-refractivity contribution in [2.45, 2.75) is 26.3 Å². The zero-order valence-corrected chi connectivity index (χ0v) is 9.63. The lowest BCUT2D eigenvalue weighted by atomic mass is 10.2. The Bertz CT molecular complexity index is 287. The van der Waals surface area contributed by atoms with Gasteiger partial charge in [-0.15, -0.1) is 0 Å². The minimum Gasteiger partial charge on any atom is -0.449 e. The molecule has 0 heterocycles. The molecule has 0 aromatic carbocycles. The van der Waals surface area contributed by atoms with E-state index < -0.39 is 22.3 Å². The molecule has 90 valence electrons. The molecule has 0 rings (SSSR count). The van der Waals surface area contributed by atoms with Crippen LogP contribution in [0.5, 0.6) is 0 Å². The first kappa shape index (κ1) is 14.1. The van der Waals surface area contributed by atoms with Gasteiger partial charge >= 0.3 is 16.3 Å². The normalized spacial score (nSPS) is 13.3. The molecule has 7 nitrogen and oxygen atoms in total. The van der Waals surface area contributed by atoms with E-state index in [1.807, 2.05) is 0 Å². The average Bonchev–Trinajstić information content (AvgIpc) is 2.13. The van der Waals surface area contributed by atoms with Crippen LogP contribution in [0.1, 0.15) is 20.3 Å². The van der Waals surface area contributed by atoms with Crippen LogP contribution in [0.25, 0.3) is 0 Å². The molecule has 0 aromatic rings. The number of ether oxygens (including phenoxy) is 1. The van der Waals surface area contributed by atoms with Gasteiger partial charge in [-0.1, -0.05) is 6.92 Å². The molecule has 1 atom stereocenters. The van der Waals surface area contributed by atoms with Crippen LogP contribution in [0.4, 0.5) is 4.79 Å². The van der Waals surface area contributed by atoms with Crippen molar-refractivity contribution >= 4 is 16.3 Å². The molecule has 1 unspecified atom stereocenters. The Morgan fingerprint density at radius 1 is 1.47 bits per heavy atom. The van der Waals surface area contributed by atoms with E-state index in [1.165, 1.54) is 0 Å². The quantitative estimate of drug-likeness (QED) is 0.568. The summed E-state index contributed by atoms with van der Waals surface area (Å²) in [5.74, 6) is 0. The fourth-order valence-electron chi connectivity index (χ4n) is 0.817. The van der Waals surface area contributed by atoms with Gasteiger partial charge in [0.2, 0.25) is 0 Å². The highest BCUT2D eigenvalue weighted by Gasteiger charge is 2.18. The summed E-state index contributed by atoms with van der Waals surface area (Å²) in [6.45, 7) is 3.63. The highest BCUT2D eigenvalue weighted by atomic mass is 32.2. The SMILES string of the molecule is CCOC(=O)NS(=O)(=O)NC(CC)CN. The zero-order valence-electron chi connectivity index (χ0n) is 8.82. The molecular formula is C7H17N3O4S. The van der Waals surface area contributed by atoms with E-state index in [0.29, 0.717) is 6.42 Å². The standard InChI is InChI=1S/C7H17N3O4S/c1-3-6(5-8)9-15(12,13)10-7(11)14-4-2/h6,9H,3-5,8H2,1-2H3,(H,10,11). The summed E-state index contributed by atoms with van der Waals surface area (Å²) in [6.07, 6.45) is -0.461. The van der Waals surface area contributed by atoms with Crippen LogP contribution >= 0.6 is 0 Å². The van der Waals surface area contributed by atoms with E-state index in [1.54, 1.807) is 18.6 Å². The summed E-state index contributed by atoms with van der Waals surface area (Å²) in [7, 11) is -3.88. The minimum absolute atomic E-state index is 0.107. The lowest BCUT2D eigenvalue weighted by Crippen LogP contribution is -2.47. The summed E-state index contributed by atoms with van der Waals surface area (Å²) in [4.78, 5) is 10.8. The van der Waals surface area contributed by atoms with E-state index in [4.69, 9.17) is 5.73 Å². The summed E-state index contributed by atoms with van der Waals surface area (Å²) < 4.78 is 30.9. The second-order valence-corrected chi connectivity index (χ2v) is 4.23. The van der Waals surface area contributed by atoms with Crippen LogP contribution in [-0.4, -0.2) is 33.7 Å². The van der Waals surface area contributed by atoms with Gasteiger partial charge in [0.15, 0.2) is 0 Å². The van der Waals surface area contributed by atoms with Crippen LogP contribution in [0, 0.1) is 0 Å². The predicted molar refractivity (Wildman–Crippen MR) is 55.3 cm³/mol. The number of carbonyl (C=O) groups is 1. The molecule has 0 fully saturated rings. The lowest BCUT2D eigenvalue weighted by Gasteiger charge is -2.14. The summed E-state index contributed by atoms with van der Waals surface area (Å²) in [6, 6.07) is -0.392. The molecule has 0 aliphatic heterocycles. The van der Waals surface area contributed by atoms with Crippen molar-refractivity contribution in [3.63, 3.8) is 0 Å². The molecule has 15 heavy (non-hydrogen) atoms. The third kappa shape index (κ3) is 6.26. The number of hydrogen-bond donors (Lipinski definition) is 3. The third-order valence-corrected chi connectivity index (χ3v) is 2.67. The predicted octanol–water partition coefficient (Wildman–Crippen LogP) is -0.696. The second kappa shape index (κ2) is 6.59. The van der Waals surface area contributed by atoms with Crippen LogP contribution < -0.4 is 15.2 Å². The fraction of sp³-hybridized carbons (Fsp3) is 0.857. The maximum atomic E-state index is 11.3. The molecule has 0 bridgehead atoms. The molecule has 4 N–H and O–H groups in total. The maximum Gasteiger partial charge on any atom is 0.421 e. The zero-order chi connectivity index (χ0) is 11.9. The van der Waals surface area contributed by atoms with E-state index in [0.717, 1.165) is 0 Å². The fourth-order valence-corrected chi connectivity index (χ4v) is 1.86. The Morgan fingerprint density at radius 2 is 2.07 bits per heavy atom. The van der Waals surface area contributed by atoms with Gasteiger partial charge in [-0.05, 0) is 13.3 Å². The van der Waals surface area contributed by atoms with Gasteiger partial charge < -0.3 is 10.5 Å². The molecule has 0 saturated heterocycles. The van der Waals surface area contributed by atoms with E-state index in [2.05, 4.69) is 9.46 Å². The van der Waals surface area contributed by atoms with Crippen molar-refractivity contribution in [2.24, 2.45) is 5.73 Å². The van der Waals surface area contributed by atoms with Gasteiger partial charge in [-0.25, -0.2) is 9.52 Å². The van der Waals surface area contributed by atoms with Crippen molar-refractivity contribution in [3.05, 3.63) is 0 Å². The van der Waals surface area contributed by atoms with E-state index in [9.17, 15) is 13.2 Å². The van der Waals surface area contributed by atoms with Gasteiger partial charge in [0, 0.05) is 12.6 Å². The van der Waals surface area contributed by atoms with Gasteiger partial charge in [0.25, 0.3) is 0 Å². The molecule has 8 heteroatoms. The van der Waals surface area contributed by atoms with Crippen LogP contribution in [0.15, 0.2) is 0 Å². The number of nitrogens with one attached hydrogen (secondary N) is 2. The first-order valence-electron chi connectivity index (χ1n) is 4.62. The highest BCUT2D eigenvalue weighted by Crippen LogP contribution is 1.91. The molecule has 0 aliphatic carbocycles. The molecule has 0 aromatic heterocycles. The van der Waals surface area contributed by atoms with Crippen LogP contribution in [0.3, 0.4) is 0 Å². The lowest BCUT2D eigenvalue weighted by molar-refractivity contribution is 0.158. The van der Waals surface area contributed by atoms with Crippen molar-refractivity contribution in [1.29, 1.82) is 0 Å². The topological polar surface area (TPSA) is 111 Å². The molecule has 0 saturated carbocycles.